The molecule has 14 nitrogen and oxygen atoms in total. The van der Waals surface area contributed by atoms with Crippen molar-refractivity contribution in [1.82, 2.24) is 24.5 Å². The van der Waals surface area contributed by atoms with Gasteiger partial charge in [0.25, 0.3) is 5.56 Å². The lowest BCUT2D eigenvalue weighted by molar-refractivity contribution is -0.257. The standard InChI is InChI=1S/C43H63N5O9/c1-23(2)26-11-15-42(36(54)56-8)17-16-40(6)27(31(26)42)9-10-29-39(5)20-24(33(52)38(3,4)28(39)12-14-41(29,40)7)19-25-21-48(46-45-25)43(22-49)34(53)32(51)35(57-43)47-18-13-30(50)44-37(47)55/h13,18,21,24,26-29,31-35,49,51-53H,1,9-12,14-17,19-20,22H2,2-8H3,(H,44,50,55)/t24-,26+,27-,28+,29-,31-,32-,33+,34+,35-,39+,40-,41-,42+,43-/m1/s1. The van der Waals surface area contributed by atoms with Crippen LogP contribution in [-0.2, 0) is 26.4 Å². The molecule has 2 aromatic rings. The van der Waals surface area contributed by atoms with E-state index in [2.05, 4.69) is 63.4 Å². The molecular formula is C43H63N5O9. The summed E-state index contributed by atoms with van der Waals surface area (Å²) in [6.45, 7) is 17.8. The van der Waals surface area contributed by atoms with Crippen LogP contribution in [0.25, 0.3) is 0 Å². The molecule has 1 aliphatic heterocycles. The minimum absolute atomic E-state index is 0.0197. The minimum atomic E-state index is -1.97. The smallest absolute Gasteiger partial charge is 0.330 e. The Balaban J connectivity index is 1.08. The Kier molecular flexibility index (Phi) is 9.56. The SMILES string of the molecule is C=C(C)[C@@H]1CC[C@]2(C(=O)OC)CC[C@]3(C)[C@H](CC[C@@H]4[C@@]5(C)C[C@@H](Cc6cn([C@]7(CO)O[C@@H](n8ccc(=O)[nH]c8=O)[C@H](O)[C@@H]7O)nn6)[C@H](O)C(C)(C)[C@@H]5CC[C@]43C)[C@@H]12. The maximum atomic E-state index is 13.7. The third-order valence-corrected chi connectivity index (χ3v) is 17.9. The molecule has 15 atom stereocenters. The van der Waals surface area contributed by atoms with E-state index in [9.17, 15) is 34.8 Å². The maximum Gasteiger partial charge on any atom is 0.330 e. The highest BCUT2D eigenvalue weighted by molar-refractivity contribution is 5.78. The van der Waals surface area contributed by atoms with Gasteiger partial charge in [-0.3, -0.25) is 19.1 Å². The quantitative estimate of drug-likeness (QED) is 0.202. The van der Waals surface area contributed by atoms with Crippen molar-refractivity contribution in [3.63, 3.8) is 0 Å². The molecule has 1 saturated heterocycles. The number of nitrogens with one attached hydrogen (secondary N) is 1. The van der Waals surface area contributed by atoms with Gasteiger partial charge in [0.05, 0.1) is 37.1 Å². The van der Waals surface area contributed by atoms with Crippen molar-refractivity contribution in [1.29, 1.82) is 0 Å². The zero-order valence-electron chi connectivity index (χ0n) is 34.6. The highest BCUT2D eigenvalue weighted by atomic mass is 16.6. The summed E-state index contributed by atoms with van der Waals surface area (Å²) in [5.41, 5.74) is -2.63. The number of methoxy groups -OCH3 is 1. The number of esters is 1. The van der Waals surface area contributed by atoms with Gasteiger partial charge < -0.3 is 29.9 Å². The number of rotatable bonds is 7. The molecule has 3 heterocycles. The van der Waals surface area contributed by atoms with Gasteiger partial charge >= 0.3 is 11.7 Å². The van der Waals surface area contributed by atoms with Crippen LogP contribution < -0.4 is 11.2 Å². The highest BCUT2D eigenvalue weighted by Crippen LogP contribution is 2.78. The molecule has 8 rings (SSSR count). The number of carbonyl (C=O) groups excluding carboxylic acids is 1. The third kappa shape index (κ3) is 5.41. The molecule has 57 heavy (non-hydrogen) atoms. The monoisotopic (exact) mass is 793 g/mol. The molecule has 14 heteroatoms. The molecule has 5 N–H and O–H groups in total. The van der Waals surface area contributed by atoms with E-state index >= 15 is 0 Å². The van der Waals surface area contributed by atoms with Crippen LogP contribution in [0.15, 0.2) is 40.2 Å². The Morgan fingerprint density at radius 3 is 2.40 bits per heavy atom. The van der Waals surface area contributed by atoms with Crippen molar-refractivity contribution in [3.05, 3.63) is 57.1 Å². The fraction of sp³-hybridized carbons (Fsp3) is 0.791. The molecule has 0 aromatic carbocycles. The average Bonchev–Trinajstić information content (AvgIpc) is 3.86. The Hall–Kier alpha value is -3.17. The summed E-state index contributed by atoms with van der Waals surface area (Å²) in [4.78, 5) is 40.1. The van der Waals surface area contributed by atoms with Gasteiger partial charge in [-0.1, -0.05) is 52.0 Å². The predicted octanol–water partition coefficient (Wildman–Crippen LogP) is 3.68. The molecular weight excluding hydrogens is 730 g/mol. The van der Waals surface area contributed by atoms with Crippen LogP contribution in [0.4, 0.5) is 0 Å². The number of aromatic nitrogens is 5. The van der Waals surface area contributed by atoms with Gasteiger partial charge in [0.2, 0.25) is 5.72 Å². The molecule has 2 aromatic heterocycles. The minimum Gasteiger partial charge on any atom is -0.469 e. The Morgan fingerprint density at radius 2 is 1.74 bits per heavy atom. The fourth-order valence-electron chi connectivity index (χ4n) is 15.1. The lowest BCUT2D eigenvalue weighted by atomic mass is 9.31. The number of aromatic amines is 1. The third-order valence-electron chi connectivity index (χ3n) is 17.9. The number of carbonyl (C=O) groups is 1. The van der Waals surface area contributed by atoms with Crippen molar-refractivity contribution < 1.29 is 34.7 Å². The van der Waals surface area contributed by atoms with Gasteiger partial charge in [-0.2, -0.15) is 0 Å². The first kappa shape index (κ1) is 40.6. The first-order valence-electron chi connectivity index (χ1n) is 21.1. The molecule has 0 radical (unpaired) electrons. The summed E-state index contributed by atoms with van der Waals surface area (Å²) in [6, 6.07) is 1.10. The van der Waals surface area contributed by atoms with Crippen molar-refractivity contribution in [2.75, 3.05) is 13.7 Å². The number of aliphatic hydroxyl groups excluding tert-OH is 4. The van der Waals surface area contributed by atoms with Gasteiger partial charge in [-0.05, 0) is 128 Å². The molecule has 0 unspecified atom stereocenters. The van der Waals surface area contributed by atoms with Crippen LogP contribution in [0, 0.1) is 62.6 Å². The number of nitrogens with zero attached hydrogens (tertiary/aromatic N) is 4. The average molecular weight is 794 g/mol. The summed E-state index contributed by atoms with van der Waals surface area (Å²) >= 11 is 0. The van der Waals surface area contributed by atoms with Gasteiger partial charge in [0.1, 0.15) is 12.2 Å². The first-order valence-corrected chi connectivity index (χ1v) is 21.1. The van der Waals surface area contributed by atoms with Crippen LogP contribution in [0.1, 0.15) is 111 Å². The number of H-pyrrole nitrogens is 1. The lowest BCUT2D eigenvalue weighted by Crippen LogP contribution is -2.68. The van der Waals surface area contributed by atoms with E-state index in [-0.39, 0.29) is 34.1 Å². The molecule has 5 aliphatic carbocycles. The number of hydrogen-bond acceptors (Lipinski definition) is 11. The largest absolute Gasteiger partial charge is 0.469 e. The summed E-state index contributed by atoms with van der Waals surface area (Å²) in [5.74, 6) is 1.41. The second-order valence-electron chi connectivity index (χ2n) is 20.4. The van der Waals surface area contributed by atoms with Crippen molar-refractivity contribution >= 4 is 5.97 Å². The van der Waals surface area contributed by atoms with Gasteiger partial charge in [0, 0.05) is 12.3 Å². The zero-order chi connectivity index (χ0) is 41.2. The van der Waals surface area contributed by atoms with E-state index in [0.29, 0.717) is 35.8 Å². The van der Waals surface area contributed by atoms with Gasteiger partial charge in [0.15, 0.2) is 6.23 Å². The Bertz CT molecular complexity index is 2050. The molecule has 314 valence electrons. The van der Waals surface area contributed by atoms with E-state index in [0.717, 1.165) is 74.6 Å². The van der Waals surface area contributed by atoms with Gasteiger partial charge in [-0.25, -0.2) is 9.48 Å². The molecule has 0 bridgehead atoms. The van der Waals surface area contributed by atoms with Crippen LogP contribution in [-0.4, -0.2) is 83.0 Å². The first-order chi connectivity index (χ1) is 26.8. The maximum absolute atomic E-state index is 13.7. The summed E-state index contributed by atoms with van der Waals surface area (Å²) < 4.78 is 13.7. The van der Waals surface area contributed by atoms with E-state index in [4.69, 9.17) is 9.47 Å². The van der Waals surface area contributed by atoms with Crippen LogP contribution in [0.2, 0.25) is 0 Å². The van der Waals surface area contributed by atoms with E-state index in [1.165, 1.54) is 10.3 Å². The molecule has 6 fully saturated rings. The lowest BCUT2D eigenvalue weighted by Gasteiger charge is -2.73. The van der Waals surface area contributed by atoms with Crippen molar-refractivity contribution in [3.8, 4) is 0 Å². The van der Waals surface area contributed by atoms with Crippen molar-refractivity contribution in [2.24, 2.45) is 62.6 Å². The number of allylic oxidation sites excluding steroid dienone is 1. The molecule has 0 amide bonds. The molecule has 6 aliphatic rings. The van der Waals surface area contributed by atoms with E-state index < -0.39 is 59.0 Å². The van der Waals surface area contributed by atoms with Crippen LogP contribution in [0.5, 0.6) is 0 Å². The van der Waals surface area contributed by atoms with E-state index in [1.807, 2.05) is 0 Å². The zero-order valence-corrected chi connectivity index (χ0v) is 34.6. The van der Waals surface area contributed by atoms with Crippen molar-refractivity contribution in [2.45, 2.75) is 136 Å². The van der Waals surface area contributed by atoms with Crippen LogP contribution >= 0.6 is 0 Å². The highest BCUT2D eigenvalue weighted by Gasteiger charge is 2.72. The number of aliphatic hydroxyl groups is 4. The second kappa shape index (κ2) is 13.4. The fourth-order valence-corrected chi connectivity index (χ4v) is 15.1. The number of ether oxygens (including phenoxy) is 2. The van der Waals surface area contributed by atoms with E-state index in [1.54, 1.807) is 13.3 Å². The van der Waals surface area contributed by atoms with Crippen LogP contribution in [0.3, 0.4) is 0 Å². The predicted molar refractivity (Wildman–Crippen MR) is 208 cm³/mol. The topological polar surface area (TPSA) is 202 Å². The molecule has 5 saturated carbocycles. The van der Waals surface area contributed by atoms with Gasteiger partial charge in [-0.15, -0.1) is 5.10 Å². The summed E-state index contributed by atoms with van der Waals surface area (Å²) in [6.07, 6.45) is 6.42. The number of fused-ring (bicyclic) bond motifs is 7. The normalized spacial score (nSPS) is 46.0. The summed E-state index contributed by atoms with van der Waals surface area (Å²) in [7, 11) is 1.54. The Morgan fingerprint density at radius 1 is 1.00 bits per heavy atom. The molecule has 0 spiro atoms. The Labute approximate surface area is 334 Å². The second-order valence-corrected chi connectivity index (χ2v) is 20.4. The summed E-state index contributed by atoms with van der Waals surface area (Å²) in [5, 5.41) is 53.8. The number of hydrogen-bond donors (Lipinski definition) is 5.